The van der Waals surface area contributed by atoms with Gasteiger partial charge in [0.15, 0.2) is 5.78 Å². The molecule has 21 heavy (non-hydrogen) atoms. The number of nitrogens with one attached hydrogen (secondary N) is 1. The Bertz CT molecular complexity index is 466. The van der Waals surface area contributed by atoms with Gasteiger partial charge in [-0.1, -0.05) is 49.6 Å². The number of benzene rings is 1. The van der Waals surface area contributed by atoms with E-state index in [9.17, 15) is 9.59 Å². The summed E-state index contributed by atoms with van der Waals surface area (Å²) in [6.07, 6.45) is 5.56. The number of Topliss-reactive ketones (excluding diaryl/α,β-unsaturated/α-hetero) is 1. The van der Waals surface area contributed by atoms with Crippen molar-refractivity contribution in [3.63, 3.8) is 0 Å². The Hall–Kier alpha value is -1.68. The van der Waals surface area contributed by atoms with E-state index in [2.05, 4.69) is 5.32 Å². The number of hydrogen-bond acceptors (Lipinski definition) is 4. The zero-order valence-electron chi connectivity index (χ0n) is 12.5. The summed E-state index contributed by atoms with van der Waals surface area (Å²) in [4.78, 5) is 24.1. The van der Waals surface area contributed by atoms with Gasteiger partial charge in [0, 0.05) is 5.56 Å². The summed E-state index contributed by atoms with van der Waals surface area (Å²) in [6, 6.07) is 8.76. The molecule has 1 atom stereocenters. The Morgan fingerprint density at radius 1 is 1.19 bits per heavy atom. The molecule has 1 aromatic carbocycles. The maximum atomic E-state index is 12.1. The minimum Gasteiger partial charge on any atom is -0.468 e. The molecule has 1 fully saturated rings. The molecule has 0 bridgehead atoms. The minimum absolute atomic E-state index is 0.000289. The van der Waals surface area contributed by atoms with Gasteiger partial charge >= 0.3 is 5.97 Å². The summed E-state index contributed by atoms with van der Waals surface area (Å²) in [5.74, 6) is 0.0119. The molecule has 1 aliphatic carbocycles. The molecular formula is C17H23NO3. The molecule has 1 aromatic rings. The highest BCUT2D eigenvalue weighted by atomic mass is 16.5. The maximum absolute atomic E-state index is 12.1. The summed E-state index contributed by atoms with van der Waals surface area (Å²) < 4.78 is 4.89. The first-order valence-electron chi connectivity index (χ1n) is 7.62. The van der Waals surface area contributed by atoms with Crippen LogP contribution in [0, 0.1) is 5.92 Å². The molecule has 2 rings (SSSR count). The van der Waals surface area contributed by atoms with Crippen molar-refractivity contribution in [2.45, 2.75) is 38.1 Å². The van der Waals surface area contributed by atoms with Gasteiger partial charge in [0.1, 0.15) is 6.04 Å². The van der Waals surface area contributed by atoms with Crippen LogP contribution in [0.4, 0.5) is 0 Å². The molecule has 114 valence electrons. The number of ketones is 1. The van der Waals surface area contributed by atoms with Gasteiger partial charge in [0.2, 0.25) is 0 Å². The molecule has 0 aromatic heterocycles. The van der Waals surface area contributed by atoms with Crippen molar-refractivity contribution in [1.29, 1.82) is 0 Å². The second kappa shape index (κ2) is 7.93. The van der Waals surface area contributed by atoms with Gasteiger partial charge in [-0.15, -0.1) is 0 Å². The van der Waals surface area contributed by atoms with E-state index in [4.69, 9.17) is 4.74 Å². The molecule has 1 unspecified atom stereocenters. The van der Waals surface area contributed by atoms with E-state index in [1.807, 2.05) is 18.2 Å². The lowest BCUT2D eigenvalue weighted by molar-refractivity contribution is -0.144. The van der Waals surface area contributed by atoms with Crippen molar-refractivity contribution in [3.8, 4) is 0 Å². The van der Waals surface area contributed by atoms with Crippen molar-refractivity contribution in [2.75, 3.05) is 13.7 Å². The van der Waals surface area contributed by atoms with Crippen molar-refractivity contribution < 1.29 is 14.3 Å². The number of rotatable bonds is 6. The molecule has 0 spiro atoms. The maximum Gasteiger partial charge on any atom is 0.323 e. The average molecular weight is 289 g/mol. The SMILES string of the molecule is COC(=O)C(NCC(=O)c1ccccc1)C1CCCCC1. The van der Waals surface area contributed by atoms with Gasteiger partial charge in [-0.25, -0.2) is 0 Å². The van der Waals surface area contributed by atoms with Gasteiger partial charge in [0.05, 0.1) is 13.7 Å². The fourth-order valence-corrected chi connectivity index (χ4v) is 2.97. The van der Waals surface area contributed by atoms with Gasteiger partial charge in [0.25, 0.3) is 0 Å². The molecule has 0 heterocycles. The Balaban J connectivity index is 1.95. The quantitative estimate of drug-likeness (QED) is 0.646. The van der Waals surface area contributed by atoms with Crippen LogP contribution in [0.5, 0.6) is 0 Å². The predicted octanol–water partition coefficient (Wildman–Crippen LogP) is 2.58. The monoisotopic (exact) mass is 289 g/mol. The first-order valence-corrected chi connectivity index (χ1v) is 7.62. The zero-order valence-corrected chi connectivity index (χ0v) is 12.5. The van der Waals surface area contributed by atoms with Crippen LogP contribution in [0.15, 0.2) is 30.3 Å². The lowest BCUT2D eigenvalue weighted by Gasteiger charge is -2.28. The van der Waals surface area contributed by atoms with Gasteiger partial charge in [-0.05, 0) is 18.8 Å². The van der Waals surface area contributed by atoms with Crippen LogP contribution in [-0.2, 0) is 9.53 Å². The van der Waals surface area contributed by atoms with Crippen molar-refractivity contribution in [1.82, 2.24) is 5.32 Å². The predicted molar refractivity (Wildman–Crippen MR) is 81.2 cm³/mol. The molecule has 0 aliphatic heterocycles. The van der Waals surface area contributed by atoms with Crippen molar-refractivity contribution in [3.05, 3.63) is 35.9 Å². The number of ether oxygens (including phenoxy) is 1. The van der Waals surface area contributed by atoms with Crippen LogP contribution in [-0.4, -0.2) is 31.4 Å². The Morgan fingerprint density at radius 2 is 1.86 bits per heavy atom. The summed E-state index contributed by atoms with van der Waals surface area (Å²) in [7, 11) is 1.40. The van der Waals surface area contributed by atoms with E-state index in [1.165, 1.54) is 13.5 Å². The normalized spacial score (nSPS) is 17.2. The highest BCUT2D eigenvalue weighted by Crippen LogP contribution is 2.27. The highest BCUT2D eigenvalue weighted by molar-refractivity contribution is 5.97. The lowest BCUT2D eigenvalue weighted by Crippen LogP contribution is -2.46. The average Bonchev–Trinajstić information content (AvgIpc) is 2.56. The van der Waals surface area contributed by atoms with E-state index in [1.54, 1.807) is 12.1 Å². The van der Waals surface area contributed by atoms with Gasteiger partial charge < -0.3 is 4.74 Å². The third-order valence-electron chi connectivity index (χ3n) is 4.15. The van der Waals surface area contributed by atoms with Crippen LogP contribution in [0.2, 0.25) is 0 Å². The van der Waals surface area contributed by atoms with Crippen LogP contribution < -0.4 is 5.32 Å². The summed E-state index contributed by atoms with van der Waals surface area (Å²) in [5, 5.41) is 3.11. The number of methoxy groups -OCH3 is 1. The second-order valence-electron chi connectivity index (χ2n) is 5.57. The summed E-state index contributed by atoms with van der Waals surface area (Å²) in [5.41, 5.74) is 0.664. The number of carbonyl (C=O) groups excluding carboxylic acids is 2. The largest absolute Gasteiger partial charge is 0.468 e. The lowest BCUT2D eigenvalue weighted by atomic mass is 9.84. The second-order valence-corrected chi connectivity index (χ2v) is 5.57. The fourth-order valence-electron chi connectivity index (χ4n) is 2.97. The van der Waals surface area contributed by atoms with Crippen molar-refractivity contribution in [2.24, 2.45) is 5.92 Å². The zero-order chi connectivity index (χ0) is 15.1. The minimum atomic E-state index is -0.372. The molecule has 1 N–H and O–H groups in total. The number of esters is 1. The Labute approximate surface area is 125 Å². The third-order valence-corrected chi connectivity index (χ3v) is 4.15. The van der Waals surface area contributed by atoms with E-state index < -0.39 is 0 Å². The van der Waals surface area contributed by atoms with E-state index >= 15 is 0 Å². The van der Waals surface area contributed by atoms with Gasteiger partial charge in [-0.3, -0.25) is 14.9 Å². The molecule has 4 nitrogen and oxygen atoms in total. The smallest absolute Gasteiger partial charge is 0.323 e. The van der Waals surface area contributed by atoms with E-state index in [-0.39, 0.29) is 30.3 Å². The highest BCUT2D eigenvalue weighted by Gasteiger charge is 2.30. The van der Waals surface area contributed by atoms with Crippen LogP contribution >= 0.6 is 0 Å². The molecular weight excluding hydrogens is 266 g/mol. The number of hydrogen-bond donors (Lipinski definition) is 1. The molecule has 0 radical (unpaired) electrons. The molecule has 1 saturated carbocycles. The molecule has 0 saturated heterocycles. The Morgan fingerprint density at radius 3 is 2.48 bits per heavy atom. The fraction of sp³-hybridized carbons (Fsp3) is 0.529. The standard InChI is InChI=1S/C17H23NO3/c1-21-17(20)16(14-10-6-3-7-11-14)18-12-15(19)13-8-4-2-5-9-13/h2,4-5,8-9,14,16,18H,3,6-7,10-12H2,1H3. The van der Waals surface area contributed by atoms with E-state index in [0.29, 0.717) is 5.56 Å². The summed E-state index contributed by atoms with van der Waals surface area (Å²) in [6.45, 7) is 0.167. The van der Waals surface area contributed by atoms with Crippen LogP contribution in [0.25, 0.3) is 0 Å². The topological polar surface area (TPSA) is 55.4 Å². The Kier molecular flexibility index (Phi) is 5.93. The van der Waals surface area contributed by atoms with Crippen LogP contribution in [0.3, 0.4) is 0 Å². The number of carbonyl (C=O) groups is 2. The summed E-state index contributed by atoms with van der Waals surface area (Å²) >= 11 is 0. The first kappa shape index (κ1) is 15.7. The van der Waals surface area contributed by atoms with Crippen LogP contribution in [0.1, 0.15) is 42.5 Å². The van der Waals surface area contributed by atoms with Crippen molar-refractivity contribution >= 4 is 11.8 Å². The van der Waals surface area contributed by atoms with Gasteiger partial charge in [-0.2, -0.15) is 0 Å². The van der Waals surface area contributed by atoms with E-state index in [0.717, 1.165) is 25.7 Å². The first-order chi connectivity index (χ1) is 10.2. The molecule has 1 aliphatic rings. The molecule has 4 heteroatoms. The molecule has 0 amide bonds. The third kappa shape index (κ3) is 4.39.